The lowest BCUT2D eigenvalue weighted by molar-refractivity contribution is 0.0195. The molecule has 0 aliphatic carbocycles. The van der Waals surface area contributed by atoms with Gasteiger partial charge in [-0.3, -0.25) is 0 Å². The van der Waals surface area contributed by atoms with Gasteiger partial charge in [0.1, 0.15) is 5.60 Å². The van der Waals surface area contributed by atoms with Gasteiger partial charge in [-0.25, -0.2) is 4.79 Å². The van der Waals surface area contributed by atoms with Crippen molar-refractivity contribution >= 4 is 18.7 Å². The molecule has 1 heterocycles. The van der Waals surface area contributed by atoms with E-state index < -0.39 is 5.60 Å². The molecule has 1 fully saturated rings. The van der Waals surface area contributed by atoms with Gasteiger partial charge in [0, 0.05) is 18.3 Å². The number of nitrogens with zero attached hydrogens (tertiary/aromatic N) is 2. The van der Waals surface area contributed by atoms with Crippen LogP contribution in [0, 0.1) is 17.2 Å². The Morgan fingerprint density at radius 1 is 1.56 bits per heavy atom. The summed E-state index contributed by atoms with van der Waals surface area (Å²) in [5.74, 6) is -0.204. The third kappa shape index (κ3) is 3.60. The molecule has 1 aliphatic heterocycles. The second-order valence-electron chi connectivity index (χ2n) is 5.02. The highest BCUT2D eigenvalue weighted by Gasteiger charge is 2.31. The van der Waals surface area contributed by atoms with Crippen molar-refractivity contribution in [3.05, 3.63) is 0 Å². The van der Waals surface area contributed by atoms with E-state index in [1.54, 1.807) is 4.90 Å². The van der Waals surface area contributed by atoms with E-state index in [2.05, 4.69) is 18.7 Å². The lowest BCUT2D eigenvalue weighted by Crippen LogP contribution is -2.46. The van der Waals surface area contributed by atoms with Gasteiger partial charge in [0.15, 0.2) is 0 Å². The highest BCUT2D eigenvalue weighted by molar-refractivity contribution is 7.81. The molecule has 1 saturated heterocycles. The molecular weight excluding hydrogens is 224 g/mol. The summed E-state index contributed by atoms with van der Waals surface area (Å²) in [4.78, 5) is 13.3. The van der Waals surface area contributed by atoms with Crippen LogP contribution in [0.1, 0.15) is 27.2 Å². The normalized spacial score (nSPS) is 26.1. The van der Waals surface area contributed by atoms with Crippen molar-refractivity contribution in [2.24, 2.45) is 5.92 Å². The highest BCUT2D eigenvalue weighted by atomic mass is 32.1. The van der Waals surface area contributed by atoms with E-state index in [4.69, 9.17) is 10.00 Å². The number of thiol groups is 1. The van der Waals surface area contributed by atoms with Gasteiger partial charge in [-0.2, -0.15) is 17.9 Å². The van der Waals surface area contributed by atoms with Crippen molar-refractivity contribution in [2.75, 3.05) is 13.1 Å². The molecule has 16 heavy (non-hydrogen) atoms. The van der Waals surface area contributed by atoms with E-state index in [1.807, 2.05) is 20.8 Å². The number of hydrogen-bond acceptors (Lipinski definition) is 4. The Labute approximate surface area is 102 Å². The standard InChI is InChI=1S/C11H18N2O2S/c1-11(2,3)15-10(14)13-5-4-9(16)8(6-12)7-13/h8-9,16H,4-5,7H2,1-3H3. The molecule has 0 bridgehead atoms. The van der Waals surface area contributed by atoms with Gasteiger partial charge in [0.2, 0.25) is 0 Å². The van der Waals surface area contributed by atoms with Crippen LogP contribution < -0.4 is 0 Å². The van der Waals surface area contributed by atoms with Crippen molar-refractivity contribution < 1.29 is 9.53 Å². The maximum absolute atomic E-state index is 11.8. The molecule has 0 spiro atoms. The van der Waals surface area contributed by atoms with Crippen LogP contribution in [0.3, 0.4) is 0 Å². The van der Waals surface area contributed by atoms with Gasteiger partial charge >= 0.3 is 6.09 Å². The minimum Gasteiger partial charge on any atom is -0.444 e. The molecule has 1 aliphatic rings. The molecular formula is C11H18N2O2S. The first-order chi connectivity index (χ1) is 7.33. The molecule has 0 saturated carbocycles. The first-order valence-electron chi connectivity index (χ1n) is 5.39. The Hall–Kier alpha value is -0.890. The monoisotopic (exact) mass is 242 g/mol. The van der Waals surface area contributed by atoms with Crippen LogP contribution in [-0.4, -0.2) is 34.9 Å². The zero-order chi connectivity index (χ0) is 12.3. The number of hydrogen-bond donors (Lipinski definition) is 1. The quantitative estimate of drug-likeness (QED) is 0.662. The lowest BCUT2D eigenvalue weighted by atomic mass is 9.99. The highest BCUT2D eigenvalue weighted by Crippen LogP contribution is 2.22. The van der Waals surface area contributed by atoms with Gasteiger partial charge in [-0.15, -0.1) is 0 Å². The van der Waals surface area contributed by atoms with Crippen LogP contribution in [0.15, 0.2) is 0 Å². The van der Waals surface area contributed by atoms with Crippen molar-refractivity contribution in [3.63, 3.8) is 0 Å². The summed E-state index contributed by atoms with van der Waals surface area (Å²) in [6.07, 6.45) is 0.397. The van der Waals surface area contributed by atoms with Gasteiger partial charge in [0.05, 0.1) is 12.0 Å². The number of amides is 1. The Morgan fingerprint density at radius 3 is 2.69 bits per heavy atom. The Morgan fingerprint density at radius 2 is 2.19 bits per heavy atom. The molecule has 0 aromatic rings. The van der Waals surface area contributed by atoms with Crippen molar-refractivity contribution in [2.45, 2.75) is 38.0 Å². The number of ether oxygens (including phenoxy) is 1. The Bertz CT molecular complexity index is 306. The zero-order valence-electron chi connectivity index (χ0n) is 9.93. The summed E-state index contributed by atoms with van der Waals surface area (Å²) in [5, 5.41) is 8.97. The molecule has 2 atom stereocenters. The topological polar surface area (TPSA) is 53.3 Å². The van der Waals surface area contributed by atoms with Crippen molar-refractivity contribution in [3.8, 4) is 6.07 Å². The fourth-order valence-corrected chi connectivity index (χ4v) is 1.84. The van der Waals surface area contributed by atoms with E-state index in [9.17, 15) is 4.79 Å². The summed E-state index contributed by atoms with van der Waals surface area (Å²) in [6.45, 7) is 6.52. The van der Waals surface area contributed by atoms with Crippen LogP contribution in [0.5, 0.6) is 0 Å². The molecule has 1 amide bonds. The van der Waals surface area contributed by atoms with Crippen LogP contribution in [0.4, 0.5) is 4.79 Å². The predicted molar refractivity (Wildman–Crippen MR) is 64.3 cm³/mol. The smallest absolute Gasteiger partial charge is 0.410 e. The minimum atomic E-state index is -0.489. The lowest BCUT2D eigenvalue weighted by Gasteiger charge is -2.34. The third-order valence-corrected chi connectivity index (χ3v) is 3.01. The van der Waals surface area contributed by atoms with E-state index in [0.717, 1.165) is 6.42 Å². The second kappa shape index (κ2) is 4.96. The van der Waals surface area contributed by atoms with E-state index in [-0.39, 0.29) is 17.3 Å². The molecule has 0 radical (unpaired) electrons. The minimum absolute atomic E-state index is 0.0590. The fraction of sp³-hybridized carbons (Fsp3) is 0.818. The number of rotatable bonds is 0. The molecule has 0 aromatic carbocycles. The Balaban J connectivity index is 2.56. The molecule has 1 rings (SSSR count). The number of nitriles is 1. The van der Waals surface area contributed by atoms with Crippen LogP contribution in [-0.2, 0) is 4.74 Å². The fourth-order valence-electron chi connectivity index (χ4n) is 1.56. The average molecular weight is 242 g/mol. The van der Waals surface area contributed by atoms with Gasteiger partial charge in [0.25, 0.3) is 0 Å². The largest absolute Gasteiger partial charge is 0.444 e. The van der Waals surface area contributed by atoms with Crippen LogP contribution in [0.2, 0.25) is 0 Å². The van der Waals surface area contributed by atoms with E-state index in [0.29, 0.717) is 13.1 Å². The molecule has 90 valence electrons. The van der Waals surface area contributed by atoms with Crippen molar-refractivity contribution in [1.29, 1.82) is 5.26 Å². The zero-order valence-corrected chi connectivity index (χ0v) is 10.8. The van der Waals surface area contributed by atoms with Crippen molar-refractivity contribution in [1.82, 2.24) is 4.90 Å². The first kappa shape index (κ1) is 13.2. The first-order valence-corrected chi connectivity index (χ1v) is 5.91. The van der Waals surface area contributed by atoms with E-state index in [1.165, 1.54) is 0 Å². The van der Waals surface area contributed by atoms with E-state index >= 15 is 0 Å². The Kier molecular flexibility index (Phi) is 4.09. The van der Waals surface area contributed by atoms with Crippen LogP contribution in [0.25, 0.3) is 0 Å². The third-order valence-electron chi connectivity index (χ3n) is 2.39. The van der Waals surface area contributed by atoms with Gasteiger partial charge in [-0.1, -0.05) is 0 Å². The predicted octanol–water partition coefficient (Wildman–Crippen LogP) is 2.07. The number of likely N-dealkylation sites (tertiary alicyclic amines) is 1. The molecule has 0 N–H and O–H groups in total. The molecule has 4 nitrogen and oxygen atoms in total. The second-order valence-corrected chi connectivity index (χ2v) is 5.68. The average Bonchev–Trinajstić information content (AvgIpc) is 2.15. The SMILES string of the molecule is CC(C)(C)OC(=O)N1CCC(S)C(C#N)C1. The maximum Gasteiger partial charge on any atom is 0.410 e. The number of carbonyl (C=O) groups excluding carboxylic acids is 1. The molecule has 5 heteroatoms. The summed E-state index contributed by atoms with van der Waals surface area (Å²) in [7, 11) is 0. The number of carbonyl (C=O) groups is 1. The maximum atomic E-state index is 11.8. The summed E-state index contributed by atoms with van der Waals surface area (Å²) >= 11 is 4.33. The van der Waals surface area contributed by atoms with Gasteiger partial charge < -0.3 is 9.64 Å². The van der Waals surface area contributed by atoms with Gasteiger partial charge in [-0.05, 0) is 27.2 Å². The number of piperidine rings is 1. The summed E-state index contributed by atoms with van der Waals surface area (Å²) < 4.78 is 5.26. The van der Waals surface area contributed by atoms with Crippen LogP contribution >= 0.6 is 12.6 Å². The molecule has 0 aromatic heterocycles. The molecule has 2 unspecified atom stereocenters. The summed E-state index contributed by atoms with van der Waals surface area (Å²) in [5.41, 5.74) is -0.489. The summed E-state index contributed by atoms with van der Waals surface area (Å²) in [6, 6.07) is 2.18.